The maximum absolute atomic E-state index is 14.2. The van der Waals surface area contributed by atoms with Gasteiger partial charge in [-0.15, -0.1) is 0 Å². The number of aromatic nitrogens is 2. The third-order valence-corrected chi connectivity index (χ3v) is 17.1. The van der Waals surface area contributed by atoms with Crippen LogP contribution in [0.3, 0.4) is 0 Å². The molecule has 0 saturated heterocycles. The van der Waals surface area contributed by atoms with Crippen LogP contribution in [-0.4, -0.2) is 85.5 Å². The molecule has 326 valence electrons. The van der Waals surface area contributed by atoms with Crippen molar-refractivity contribution in [1.29, 1.82) is 0 Å². The van der Waals surface area contributed by atoms with Gasteiger partial charge in [0.15, 0.2) is 5.60 Å². The van der Waals surface area contributed by atoms with Crippen molar-refractivity contribution in [1.82, 2.24) is 19.4 Å². The Balaban J connectivity index is 0.880. The first-order chi connectivity index (χ1) is 28.8. The quantitative estimate of drug-likeness (QED) is 0.202. The van der Waals surface area contributed by atoms with Gasteiger partial charge in [-0.25, -0.2) is 9.78 Å². The van der Waals surface area contributed by atoms with E-state index < -0.39 is 17.1 Å². The van der Waals surface area contributed by atoms with Crippen LogP contribution in [-0.2, 0) is 53.9 Å². The SMILES string of the molecule is CC[C@@]1(O)C(=O)OCc2c1cc1n(c2=O)Cc2cc3c(CN(C)C(=O)C(C)(C)N(C)C(=O)CO[C@H]4CC[C@H]5[C@@H]6CC[C@H]7CC(=O)CC[C@]7(C)[C@H]6CC[C@]45C)c(O)ccc3nc2-1. The maximum atomic E-state index is 14.2. The molecule has 0 radical (unpaired) electrons. The number of amides is 2. The van der Waals surface area contributed by atoms with Gasteiger partial charge >= 0.3 is 5.97 Å². The predicted molar refractivity (Wildman–Crippen MR) is 226 cm³/mol. The van der Waals surface area contributed by atoms with Gasteiger partial charge in [-0.2, -0.15) is 0 Å². The number of pyridine rings is 2. The number of fused-ring (bicyclic) bond motifs is 10. The number of esters is 1. The van der Waals surface area contributed by atoms with Crippen molar-refractivity contribution in [3.63, 3.8) is 0 Å². The highest BCUT2D eigenvalue weighted by atomic mass is 16.6. The number of cyclic esters (lactones) is 1. The summed E-state index contributed by atoms with van der Waals surface area (Å²) < 4.78 is 13.3. The number of aromatic hydroxyl groups is 1. The number of phenols is 1. The van der Waals surface area contributed by atoms with Gasteiger partial charge in [-0.3, -0.25) is 19.2 Å². The molecule has 0 spiro atoms. The number of hydrogen-bond acceptors (Lipinski definition) is 10. The van der Waals surface area contributed by atoms with Gasteiger partial charge in [0.05, 0.1) is 35.1 Å². The number of rotatable bonds is 8. The Morgan fingerprint density at radius 2 is 1.77 bits per heavy atom. The molecule has 8 atom stereocenters. The molecule has 61 heavy (non-hydrogen) atoms. The van der Waals surface area contributed by atoms with Crippen LogP contribution in [0.2, 0.25) is 0 Å². The second-order valence-electron chi connectivity index (χ2n) is 20.2. The second kappa shape index (κ2) is 14.5. The summed E-state index contributed by atoms with van der Waals surface area (Å²) >= 11 is 0. The van der Waals surface area contributed by atoms with Gasteiger partial charge in [-0.1, -0.05) is 20.8 Å². The van der Waals surface area contributed by atoms with Gasteiger partial charge < -0.3 is 34.1 Å². The predicted octanol–water partition coefficient (Wildman–Crippen LogP) is 5.98. The molecule has 9 rings (SSSR count). The average Bonchev–Trinajstić information content (AvgIpc) is 3.78. The van der Waals surface area contributed by atoms with Gasteiger partial charge in [-0.05, 0) is 124 Å². The number of aliphatic hydroxyl groups is 1. The van der Waals surface area contributed by atoms with Crippen LogP contribution >= 0.6 is 0 Å². The van der Waals surface area contributed by atoms with E-state index in [1.165, 1.54) is 22.3 Å². The van der Waals surface area contributed by atoms with Gasteiger partial charge in [0.25, 0.3) is 5.56 Å². The summed E-state index contributed by atoms with van der Waals surface area (Å²) in [5.41, 5.74) is -0.124. The van der Waals surface area contributed by atoms with Crippen LogP contribution < -0.4 is 5.56 Å². The summed E-state index contributed by atoms with van der Waals surface area (Å²) in [7, 11) is 3.28. The van der Waals surface area contributed by atoms with Crippen LogP contribution in [0.5, 0.6) is 5.75 Å². The van der Waals surface area contributed by atoms with E-state index in [1.807, 2.05) is 6.07 Å². The number of benzene rings is 1. The van der Waals surface area contributed by atoms with E-state index in [4.69, 9.17) is 14.5 Å². The molecule has 2 N–H and O–H groups in total. The molecular weight excluding hydrogens is 777 g/mol. The molecule has 2 amide bonds. The number of ether oxygens (including phenoxy) is 2. The van der Waals surface area contributed by atoms with E-state index in [9.17, 15) is 34.2 Å². The minimum atomic E-state index is -1.94. The Bertz CT molecular complexity index is 2440. The number of likely N-dealkylation sites (N-methyl/N-ethyl adjacent to an activating group) is 2. The fourth-order valence-corrected chi connectivity index (χ4v) is 13.0. The minimum absolute atomic E-state index is 0.0113. The lowest BCUT2D eigenvalue weighted by molar-refractivity contribution is -0.172. The molecule has 13 nitrogen and oxygen atoms in total. The Morgan fingerprint density at radius 1 is 1.02 bits per heavy atom. The molecule has 4 heterocycles. The molecule has 2 aliphatic heterocycles. The number of phenolic OH excluding ortho intramolecular Hbond substituents is 1. The van der Waals surface area contributed by atoms with Gasteiger partial charge in [0, 0.05) is 55.6 Å². The molecule has 0 bridgehead atoms. The van der Waals surface area contributed by atoms with Crippen molar-refractivity contribution in [2.45, 2.75) is 136 Å². The lowest BCUT2D eigenvalue weighted by atomic mass is 9.45. The largest absolute Gasteiger partial charge is 0.508 e. The van der Waals surface area contributed by atoms with Gasteiger partial charge in [0.2, 0.25) is 11.8 Å². The highest BCUT2D eigenvalue weighted by Crippen LogP contribution is 2.66. The van der Waals surface area contributed by atoms with E-state index in [2.05, 4.69) is 13.8 Å². The lowest BCUT2D eigenvalue weighted by Crippen LogP contribution is -2.56. The summed E-state index contributed by atoms with van der Waals surface area (Å²) in [4.78, 5) is 74.6. The molecule has 1 aromatic carbocycles. The van der Waals surface area contributed by atoms with E-state index in [0.717, 1.165) is 51.4 Å². The number of carbonyl (C=O) groups is 4. The maximum Gasteiger partial charge on any atom is 0.343 e. The molecule has 13 heteroatoms. The van der Waals surface area contributed by atoms with E-state index in [0.29, 0.717) is 62.9 Å². The molecule has 2 aromatic heterocycles. The highest BCUT2D eigenvalue weighted by Gasteiger charge is 2.60. The highest BCUT2D eigenvalue weighted by molar-refractivity contribution is 5.93. The zero-order valence-corrected chi connectivity index (χ0v) is 36.6. The summed E-state index contributed by atoms with van der Waals surface area (Å²) in [6.07, 6.45) is 9.01. The first-order valence-electron chi connectivity index (χ1n) is 22.3. The van der Waals surface area contributed by atoms with E-state index in [-0.39, 0.29) is 83.9 Å². The number of ketones is 1. The first-order valence-corrected chi connectivity index (χ1v) is 22.3. The van der Waals surface area contributed by atoms with E-state index in [1.54, 1.807) is 51.6 Å². The molecule has 4 saturated carbocycles. The minimum Gasteiger partial charge on any atom is -0.508 e. The molecule has 3 aromatic rings. The Labute approximate surface area is 356 Å². The lowest BCUT2D eigenvalue weighted by Gasteiger charge is -2.60. The fraction of sp³-hybridized carbons (Fsp3) is 0.625. The average molecular weight is 837 g/mol. The third-order valence-electron chi connectivity index (χ3n) is 17.1. The monoisotopic (exact) mass is 836 g/mol. The summed E-state index contributed by atoms with van der Waals surface area (Å²) in [6, 6.07) is 6.73. The van der Waals surface area contributed by atoms with Crippen LogP contribution in [0, 0.1) is 34.5 Å². The van der Waals surface area contributed by atoms with Crippen molar-refractivity contribution in [2.24, 2.45) is 34.5 Å². The smallest absolute Gasteiger partial charge is 0.343 e. The normalized spacial score (nSPS) is 31.3. The van der Waals surface area contributed by atoms with Crippen LogP contribution in [0.15, 0.2) is 29.1 Å². The van der Waals surface area contributed by atoms with E-state index >= 15 is 0 Å². The number of carbonyl (C=O) groups excluding carboxylic acids is 4. The zero-order valence-electron chi connectivity index (χ0n) is 36.6. The fourth-order valence-electron chi connectivity index (χ4n) is 13.0. The van der Waals surface area contributed by atoms with Gasteiger partial charge in [0.1, 0.15) is 30.3 Å². The topological polar surface area (TPSA) is 169 Å². The van der Waals surface area contributed by atoms with Crippen LogP contribution in [0.25, 0.3) is 22.3 Å². The van der Waals surface area contributed by atoms with Crippen molar-refractivity contribution in [3.05, 3.63) is 56.9 Å². The Morgan fingerprint density at radius 3 is 2.52 bits per heavy atom. The summed E-state index contributed by atoms with van der Waals surface area (Å²) in [6.45, 7) is 9.79. The number of Topliss-reactive ketones (excluding diaryl/α,β-unsaturated/α-hetero) is 1. The Kier molecular flexibility index (Phi) is 9.90. The molecule has 4 fully saturated rings. The number of hydrogen-bond donors (Lipinski definition) is 2. The molecule has 6 aliphatic rings. The van der Waals surface area contributed by atoms with Crippen LogP contribution in [0.4, 0.5) is 0 Å². The Hall–Kier alpha value is -4.62. The molecule has 4 aliphatic carbocycles. The second-order valence-corrected chi connectivity index (χ2v) is 20.2. The standard InChI is InChI=1S/C48H60N4O9/c1-8-48(59)35-21-37-41-26(22-52(37)42(56)32(35)24-61-44(48)58)19-30-31(38(54)13-12-36(30)49-41)23-50(6)43(57)45(2,3)51(7)40(55)25-60-39-14-11-33-29-10-9-27-20-28(53)15-17-46(27,4)34(29)16-18-47(33,39)5/h12-13,19,21,27,29,33-34,39,54,59H,8-11,14-18,20,22-25H2,1-7H3/t27-,29-,33-,34-,39-,46-,47-,48-/m0/s1. The van der Waals surface area contributed by atoms with Crippen molar-refractivity contribution in [3.8, 4) is 17.1 Å². The summed E-state index contributed by atoms with van der Waals surface area (Å²) in [5.74, 6) is 1.35. The molecule has 0 unspecified atom stereocenters. The van der Waals surface area contributed by atoms with Crippen molar-refractivity contribution < 1.29 is 38.9 Å². The van der Waals surface area contributed by atoms with Crippen LogP contribution in [0.1, 0.15) is 121 Å². The third kappa shape index (κ3) is 6.21. The first kappa shape index (κ1) is 41.7. The summed E-state index contributed by atoms with van der Waals surface area (Å²) in [5, 5.41) is 23.0. The number of nitrogens with zero attached hydrogens (tertiary/aromatic N) is 4. The van der Waals surface area contributed by atoms with Crippen molar-refractivity contribution in [2.75, 3.05) is 20.7 Å². The zero-order chi connectivity index (χ0) is 43.6. The van der Waals surface area contributed by atoms with Crippen molar-refractivity contribution >= 4 is 34.5 Å². The molecular formula is C48H60N4O9.